The predicted molar refractivity (Wildman–Crippen MR) is 96.4 cm³/mol. The van der Waals surface area contributed by atoms with Crippen molar-refractivity contribution in [2.45, 2.75) is 10.6 Å². The van der Waals surface area contributed by atoms with Crippen molar-refractivity contribution >= 4 is 27.3 Å². The lowest BCUT2D eigenvalue weighted by molar-refractivity contribution is -0.131. The average Bonchev–Trinajstić information content (AvgIpc) is 3.18. The number of hydrogen-bond donors (Lipinski definition) is 0. The maximum Gasteiger partial charge on any atom is 0.252 e. The lowest BCUT2D eigenvalue weighted by Crippen LogP contribution is -2.50. The zero-order chi connectivity index (χ0) is 17.9. The Morgan fingerprint density at radius 3 is 2.36 bits per heavy atom. The van der Waals surface area contributed by atoms with E-state index in [0.29, 0.717) is 36.8 Å². The Kier molecular flexibility index (Phi) is 5.41. The molecular weight excluding hydrogens is 360 g/mol. The molecule has 1 aromatic heterocycles. The molecule has 25 heavy (non-hydrogen) atoms. The number of sulfonamides is 1. The summed E-state index contributed by atoms with van der Waals surface area (Å²) in [5, 5.41) is 1.75. The van der Waals surface area contributed by atoms with Gasteiger partial charge in [-0.3, -0.25) is 4.79 Å². The molecular formula is C17H20N2O4S2. The summed E-state index contributed by atoms with van der Waals surface area (Å²) in [4.78, 5) is 14.2. The quantitative estimate of drug-likeness (QED) is 0.794. The van der Waals surface area contributed by atoms with Gasteiger partial charge in [0.05, 0.1) is 13.5 Å². The van der Waals surface area contributed by atoms with Crippen LogP contribution >= 0.6 is 11.3 Å². The first-order valence-corrected chi connectivity index (χ1v) is 10.3. The SMILES string of the molecule is COc1ccc(CC(=O)N2CCN(S(=O)(=O)c3cccs3)CC2)cc1. The predicted octanol–water partition coefficient (Wildman–Crippen LogP) is 1.83. The van der Waals surface area contributed by atoms with Crippen molar-refractivity contribution in [2.24, 2.45) is 0 Å². The van der Waals surface area contributed by atoms with Gasteiger partial charge in [-0.2, -0.15) is 4.31 Å². The lowest BCUT2D eigenvalue weighted by Gasteiger charge is -2.33. The number of carbonyl (C=O) groups excluding carboxylic acids is 1. The van der Waals surface area contributed by atoms with Crippen LogP contribution in [0.15, 0.2) is 46.0 Å². The summed E-state index contributed by atoms with van der Waals surface area (Å²) >= 11 is 1.21. The van der Waals surface area contributed by atoms with E-state index in [0.717, 1.165) is 11.3 Å². The Morgan fingerprint density at radius 2 is 1.80 bits per heavy atom. The van der Waals surface area contributed by atoms with Crippen LogP contribution in [0.5, 0.6) is 5.75 Å². The van der Waals surface area contributed by atoms with Gasteiger partial charge in [0.1, 0.15) is 9.96 Å². The van der Waals surface area contributed by atoms with E-state index in [2.05, 4.69) is 0 Å². The Bertz CT molecular complexity index is 809. The maximum atomic E-state index is 12.5. The molecule has 0 unspecified atom stereocenters. The minimum Gasteiger partial charge on any atom is -0.497 e. The molecule has 6 nitrogen and oxygen atoms in total. The number of rotatable bonds is 5. The molecule has 1 saturated heterocycles. The van der Waals surface area contributed by atoms with Gasteiger partial charge in [-0.25, -0.2) is 8.42 Å². The fourth-order valence-electron chi connectivity index (χ4n) is 2.75. The summed E-state index contributed by atoms with van der Waals surface area (Å²) in [7, 11) is -1.83. The third-order valence-electron chi connectivity index (χ3n) is 4.19. The van der Waals surface area contributed by atoms with Crippen LogP contribution in [0, 0.1) is 0 Å². The number of carbonyl (C=O) groups is 1. The number of methoxy groups -OCH3 is 1. The Balaban J connectivity index is 1.57. The molecule has 1 amide bonds. The van der Waals surface area contributed by atoms with Crippen LogP contribution < -0.4 is 4.74 Å². The van der Waals surface area contributed by atoms with Crippen molar-refractivity contribution in [3.8, 4) is 5.75 Å². The molecule has 0 radical (unpaired) electrons. The van der Waals surface area contributed by atoms with Crippen molar-refractivity contribution in [1.82, 2.24) is 9.21 Å². The number of hydrogen-bond acceptors (Lipinski definition) is 5. The van der Waals surface area contributed by atoms with Crippen molar-refractivity contribution in [3.63, 3.8) is 0 Å². The van der Waals surface area contributed by atoms with E-state index in [9.17, 15) is 13.2 Å². The highest BCUT2D eigenvalue weighted by atomic mass is 32.2. The molecule has 1 aliphatic heterocycles. The molecule has 2 aromatic rings. The monoisotopic (exact) mass is 380 g/mol. The van der Waals surface area contributed by atoms with Crippen molar-refractivity contribution < 1.29 is 17.9 Å². The van der Waals surface area contributed by atoms with E-state index < -0.39 is 10.0 Å². The second-order valence-electron chi connectivity index (χ2n) is 5.74. The number of thiophene rings is 1. The zero-order valence-corrected chi connectivity index (χ0v) is 15.6. The van der Waals surface area contributed by atoms with Gasteiger partial charge in [0.15, 0.2) is 0 Å². The van der Waals surface area contributed by atoms with Gasteiger partial charge in [0.25, 0.3) is 10.0 Å². The molecule has 1 aromatic carbocycles. The van der Waals surface area contributed by atoms with Crippen LogP contribution in [0.3, 0.4) is 0 Å². The third-order valence-corrected chi connectivity index (χ3v) is 7.47. The van der Waals surface area contributed by atoms with Gasteiger partial charge in [-0.15, -0.1) is 11.3 Å². The number of ether oxygens (including phenoxy) is 1. The first kappa shape index (κ1) is 17.9. The minimum absolute atomic E-state index is 0.0124. The molecule has 0 aliphatic carbocycles. The van der Waals surface area contributed by atoms with Crippen molar-refractivity contribution in [2.75, 3.05) is 33.3 Å². The maximum absolute atomic E-state index is 12.5. The lowest BCUT2D eigenvalue weighted by atomic mass is 10.1. The molecule has 0 saturated carbocycles. The second-order valence-corrected chi connectivity index (χ2v) is 8.85. The van der Waals surface area contributed by atoms with Crippen molar-refractivity contribution in [1.29, 1.82) is 0 Å². The summed E-state index contributed by atoms with van der Waals surface area (Å²) in [6, 6.07) is 10.7. The fraction of sp³-hybridized carbons (Fsp3) is 0.353. The molecule has 8 heteroatoms. The molecule has 0 N–H and O–H groups in total. The third kappa shape index (κ3) is 4.02. The van der Waals surface area contributed by atoms with E-state index in [4.69, 9.17) is 4.74 Å². The first-order valence-electron chi connectivity index (χ1n) is 7.95. The van der Waals surface area contributed by atoms with Gasteiger partial charge in [-0.1, -0.05) is 18.2 Å². The minimum atomic E-state index is -3.43. The standard InChI is InChI=1S/C17H20N2O4S2/c1-23-15-6-4-14(5-7-15)13-16(20)18-8-10-19(11-9-18)25(21,22)17-3-2-12-24-17/h2-7,12H,8-11,13H2,1H3. The van der Waals surface area contributed by atoms with Crippen LogP contribution in [0.4, 0.5) is 0 Å². The Labute approximate surface area is 151 Å². The van der Waals surface area contributed by atoms with E-state index >= 15 is 0 Å². The van der Waals surface area contributed by atoms with Gasteiger partial charge >= 0.3 is 0 Å². The molecule has 1 fully saturated rings. The summed E-state index contributed by atoms with van der Waals surface area (Å²) in [6.07, 6.45) is 0.307. The highest BCUT2D eigenvalue weighted by molar-refractivity contribution is 7.91. The molecule has 1 aliphatic rings. The Morgan fingerprint density at radius 1 is 1.12 bits per heavy atom. The van der Waals surface area contributed by atoms with Crippen LogP contribution in [-0.2, 0) is 21.2 Å². The van der Waals surface area contributed by atoms with Gasteiger partial charge < -0.3 is 9.64 Å². The number of piperazine rings is 1. The highest BCUT2D eigenvalue weighted by Crippen LogP contribution is 2.22. The van der Waals surface area contributed by atoms with E-state index in [1.807, 2.05) is 24.3 Å². The van der Waals surface area contributed by atoms with E-state index in [1.54, 1.807) is 29.5 Å². The summed E-state index contributed by atoms with van der Waals surface area (Å²) in [5.41, 5.74) is 0.916. The number of nitrogens with zero attached hydrogens (tertiary/aromatic N) is 2. The summed E-state index contributed by atoms with van der Waals surface area (Å²) in [6.45, 7) is 1.49. The fourth-order valence-corrected chi connectivity index (χ4v) is 5.31. The van der Waals surface area contributed by atoms with Gasteiger partial charge in [0.2, 0.25) is 5.91 Å². The van der Waals surface area contributed by atoms with Crippen molar-refractivity contribution in [3.05, 3.63) is 47.3 Å². The molecule has 0 spiro atoms. The Hall–Kier alpha value is -1.90. The van der Waals surface area contributed by atoms with Crippen LogP contribution in [-0.4, -0.2) is 56.8 Å². The zero-order valence-electron chi connectivity index (χ0n) is 13.9. The number of benzene rings is 1. The smallest absolute Gasteiger partial charge is 0.252 e. The molecule has 134 valence electrons. The average molecular weight is 380 g/mol. The molecule has 2 heterocycles. The van der Waals surface area contributed by atoms with Crippen LogP contribution in [0.2, 0.25) is 0 Å². The topological polar surface area (TPSA) is 66.9 Å². The largest absolute Gasteiger partial charge is 0.497 e. The summed E-state index contributed by atoms with van der Waals surface area (Å²) < 4.78 is 31.9. The highest BCUT2D eigenvalue weighted by Gasteiger charge is 2.30. The van der Waals surface area contributed by atoms with E-state index in [1.165, 1.54) is 15.6 Å². The molecule has 0 bridgehead atoms. The molecule has 3 rings (SSSR count). The molecule has 0 atom stereocenters. The van der Waals surface area contributed by atoms with E-state index in [-0.39, 0.29) is 5.91 Å². The van der Waals surface area contributed by atoms with Crippen LogP contribution in [0.1, 0.15) is 5.56 Å². The van der Waals surface area contributed by atoms with Gasteiger partial charge in [0, 0.05) is 26.2 Å². The second kappa shape index (κ2) is 7.55. The summed E-state index contributed by atoms with van der Waals surface area (Å²) in [5.74, 6) is 0.766. The first-order chi connectivity index (χ1) is 12.0. The van der Waals surface area contributed by atoms with Gasteiger partial charge in [-0.05, 0) is 29.1 Å². The van der Waals surface area contributed by atoms with Crippen LogP contribution in [0.25, 0.3) is 0 Å². The number of amides is 1. The normalized spacial score (nSPS) is 16.0.